The van der Waals surface area contributed by atoms with Gasteiger partial charge in [0.1, 0.15) is 6.04 Å². The van der Waals surface area contributed by atoms with Gasteiger partial charge in [0, 0.05) is 13.7 Å². The Morgan fingerprint density at radius 1 is 1.32 bits per heavy atom. The van der Waals surface area contributed by atoms with Crippen LogP contribution in [0, 0.1) is 17.5 Å². The number of carbonyl (C=O) groups is 1. The summed E-state index contributed by atoms with van der Waals surface area (Å²) in [4.78, 5) is 11.6. The molecule has 4 nitrogen and oxygen atoms in total. The molecule has 2 N–H and O–H groups in total. The quantitative estimate of drug-likeness (QED) is 0.614. The van der Waals surface area contributed by atoms with Gasteiger partial charge in [-0.15, -0.1) is 0 Å². The molecule has 0 radical (unpaired) electrons. The van der Waals surface area contributed by atoms with Crippen LogP contribution in [0.4, 0.5) is 18.9 Å². The lowest BCUT2D eigenvalue weighted by molar-refractivity contribution is -0.121. The Kier molecular flexibility index (Phi) is 5.62. The van der Waals surface area contributed by atoms with Crippen molar-refractivity contribution < 1.29 is 22.7 Å². The monoisotopic (exact) mass is 276 g/mol. The predicted molar refractivity (Wildman–Crippen MR) is 64.3 cm³/mol. The van der Waals surface area contributed by atoms with Gasteiger partial charge in [-0.25, -0.2) is 13.2 Å². The van der Waals surface area contributed by atoms with Crippen LogP contribution < -0.4 is 10.6 Å². The number of amides is 1. The number of nitrogens with one attached hydrogen (secondary N) is 2. The largest absolute Gasteiger partial charge is 0.383 e. The van der Waals surface area contributed by atoms with Crippen molar-refractivity contribution in [3.63, 3.8) is 0 Å². The zero-order valence-electron chi connectivity index (χ0n) is 10.6. The van der Waals surface area contributed by atoms with Gasteiger partial charge in [-0.2, -0.15) is 0 Å². The highest BCUT2D eigenvalue weighted by Crippen LogP contribution is 2.20. The molecule has 1 rings (SSSR count). The summed E-state index contributed by atoms with van der Waals surface area (Å²) < 4.78 is 43.8. The number of methoxy groups -OCH3 is 1. The van der Waals surface area contributed by atoms with E-state index in [0.717, 1.165) is 12.1 Å². The van der Waals surface area contributed by atoms with E-state index < -0.39 is 29.4 Å². The van der Waals surface area contributed by atoms with Crippen LogP contribution in [0.25, 0.3) is 0 Å². The van der Waals surface area contributed by atoms with Crippen molar-refractivity contribution in [3.05, 3.63) is 29.6 Å². The molecule has 0 fully saturated rings. The number of anilines is 1. The first-order valence-corrected chi connectivity index (χ1v) is 5.64. The number of carbonyl (C=O) groups excluding carboxylic acids is 1. The van der Waals surface area contributed by atoms with Gasteiger partial charge in [-0.05, 0) is 19.1 Å². The van der Waals surface area contributed by atoms with Crippen LogP contribution in [-0.2, 0) is 9.53 Å². The summed E-state index contributed by atoms with van der Waals surface area (Å²) in [6.45, 7) is 2.13. The van der Waals surface area contributed by atoms with E-state index in [1.807, 2.05) is 0 Å². The maximum atomic E-state index is 13.4. The number of rotatable bonds is 6. The molecule has 0 heterocycles. The molecule has 1 atom stereocenters. The molecule has 1 aromatic rings. The summed E-state index contributed by atoms with van der Waals surface area (Å²) in [5.41, 5.74) is -0.270. The number of hydrogen-bond acceptors (Lipinski definition) is 3. The summed E-state index contributed by atoms with van der Waals surface area (Å²) >= 11 is 0. The summed E-state index contributed by atoms with van der Waals surface area (Å²) in [5.74, 6) is -4.60. The first-order valence-electron chi connectivity index (χ1n) is 5.64. The maximum Gasteiger partial charge on any atom is 0.242 e. The summed E-state index contributed by atoms with van der Waals surface area (Å²) in [6, 6.07) is 1.03. The van der Waals surface area contributed by atoms with E-state index in [9.17, 15) is 18.0 Å². The van der Waals surface area contributed by atoms with E-state index in [1.54, 1.807) is 0 Å². The van der Waals surface area contributed by atoms with E-state index in [2.05, 4.69) is 10.6 Å². The van der Waals surface area contributed by atoms with Gasteiger partial charge in [0.05, 0.1) is 12.3 Å². The Hall–Kier alpha value is -1.76. The van der Waals surface area contributed by atoms with Gasteiger partial charge in [0.25, 0.3) is 0 Å². The Morgan fingerprint density at radius 3 is 2.63 bits per heavy atom. The molecular formula is C12H15F3N2O2. The third-order valence-corrected chi connectivity index (χ3v) is 2.41. The van der Waals surface area contributed by atoms with Crippen molar-refractivity contribution in [2.75, 3.05) is 25.6 Å². The fraction of sp³-hybridized carbons (Fsp3) is 0.417. The zero-order chi connectivity index (χ0) is 14.4. The zero-order valence-corrected chi connectivity index (χ0v) is 10.6. The topological polar surface area (TPSA) is 50.4 Å². The van der Waals surface area contributed by atoms with Crippen LogP contribution in [0.15, 0.2) is 12.1 Å². The highest BCUT2D eigenvalue weighted by Gasteiger charge is 2.17. The lowest BCUT2D eigenvalue weighted by Crippen LogP contribution is -2.39. The summed E-state index contributed by atoms with van der Waals surface area (Å²) in [7, 11) is 1.49. The highest BCUT2D eigenvalue weighted by atomic mass is 19.2. The van der Waals surface area contributed by atoms with Gasteiger partial charge < -0.3 is 15.4 Å². The first kappa shape index (κ1) is 15.3. The second kappa shape index (κ2) is 6.98. The van der Waals surface area contributed by atoms with Gasteiger partial charge in [0.15, 0.2) is 17.5 Å². The molecule has 1 aromatic carbocycles. The van der Waals surface area contributed by atoms with Crippen molar-refractivity contribution in [1.82, 2.24) is 5.32 Å². The van der Waals surface area contributed by atoms with Crippen molar-refractivity contribution in [3.8, 4) is 0 Å². The first-order chi connectivity index (χ1) is 8.97. The maximum absolute atomic E-state index is 13.4. The van der Waals surface area contributed by atoms with Gasteiger partial charge >= 0.3 is 0 Å². The fourth-order valence-electron chi connectivity index (χ4n) is 1.37. The van der Waals surface area contributed by atoms with Crippen LogP contribution in [0.1, 0.15) is 6.92 Å². The van der Waals surface area contributed by atoms with Gasteiger partial charge in [-0.3, -0.25) is 4.79 Å². The minimum Gasteiger partial charge on any atom is -0.383 e. The summed E-state index contributed by atoms with van der Waals surface area (Å²) in [5, 5.41) is 5.00. The molecule has 0 spiro atoms. The van der Waals surface area contributed by atoms with E-state index in [4.69, 9.17) is 4.74 Å². The van der Waals surface area contributed by atoms with Crippen molar-refractivity contribution in [1.29, 1.82) is 0 Å². The third kappa shape index (κ3) is 4.13. The molecule has 0 aliphatic heterocycles. The molecule has 0 saturated carbocycles. The number of ether oxygens (including phenoxy) is 1. The number of benzene rings is 1. The van der Waals surface area contributed by atoms with Crippen molar-refractivity contribution in [2.45, 2.75) is 13.0 Å². The lowest BCUT2D eigenvalue weighted by atomic mass is 10.2. The predicted octanol–water partition coefficient (Wildman–Crippen LogP) is 1.67. The molecule has 0 saturated heterocycles. The Balaban J connectivity index is 2.64. The van der Waals surface area contributed by atoms with Gasteiger partial charge in [0.2, 0.25) is 5.91 Å². The molecule has 0 aromatic heterocycles. The fourth-order valence-corrected chi connectivity index (χ4v) is 1.37. The number of halogens is 3. The average molecular weight is 276 g/mol. The van der Waals surface area contributed by atoms with Crippen LogP contribution in [0.5, 0.6) is 0 Å². The van der Waals surface area contributed by atoms with Crippen molar-refractivity contribution >= 4 is 11.6 Å². The minimum atomic E-state index is -1.57. The Morgan fingerprint density at radius 2 is 2.00 bits per heavy atom. The second-order valence-electron chi connectivity index (χ2n) is 3.87. The van der Waals surface area contributed by atoms with E-state index in [-0.39, 0.29) is 5.69 Å². The number of hydrogen-bond donors (Lipinski definition) is 2. The van der Waals surface area contributed by atoms with E-state index in [0.29, 0.717) is 13.2 Å². The van der Waals surface area contributed by atoms with Crippen LogP contribution in [0.2, 0.25) is 0 Å². The standard InChI is InChI=1S/C12H15F3N2O2/c1-7(12(18)16-5-6-19-2)17-9-4-3-8(13)10(14)11(9)15/h3-4,7,17H,5-6H2,1-2H3,(H,16,18). The SMILES string of the molecule is COCCNC(=O)C(C)Nc1ccc(F)c(F)c1F. The van der Waals surface area contributed by atoms with E-state index >= 15 is 0 Å². The summed E-state index contributed by atoms with van der Waals surface area (Å²) in [6.07, 6.45) is 0. The molecule has 106 valence electrons. The van der Waals surface area contributed by atoms with E-state index in [1.165, 1.54) is 14.0 Å². The Bertz CT molecular complexity index is 455. The molecule has 7 heteroatoms. The van der Waals surface area contributed by atoms with Crippen LogP contribution in [0.3, 0.4) is 0 Å². The minimum absolute atomic E-state index is 0.270. The Labute approximate surface area is 108 Å². The smallest absolute Gasteiger partial charge is 0.242 e. The molecule has 1 amide bonds. The molecule has 0 aliphatic carbocycles. The van der Waals surface area contributed by atoms with Crippen LogP contribution >= 0.6 is 0 Å². The molecule has 1 unspecified atom stereocenters. The average Bonchev–Trinajstić information content (AvgIpc) is 2.39. The van der Waals surface area contributed by atoms with Crippen molar-refractivity contribution in [2.24, 2.45) is 0 Å². The highest BCUT2D eigenvalue weighted by molar-refractivity contribution is 5.84. The molecular weight excluding hydrogens is 261 g/mol. The van der Waals surface area contributed by atoms with Gasteiger partial charge in [-0.1, -0.05) is 0 Å². The molecule has 19 heavy (non-hydrogen) atoms. The second-order valence-corrected chi connectivity index (χ2v) is 3.87. The molecule has 0 bridgehead atoms. The normalized spacial score (nSPS) is 12.1. The van der Waals surface area contributed by atoms with Crippen LogP contribution in [-0.4, -0.2) is 32.2 Å². The molecule has 0 aliphatic rings. The lowest BCUT2D eigenvalue weighted by Gasteiger charge is -2.15. The third-order valence-electron chi connectivity index (χ3n) is 2.41.